The first-order valence-electron chi connectivity index (χ1n) is 10.1. The van der Waals surface area contributed by atoms with Gasteiger partial charge < -0.3 is 29.2 Å². The summed E-state index contributed by atoms with van der Waals surface area (Å²) in [6, 6.07) is 0. The smallest absolute Gasteiger partial charge is 0.336 e. The molecule has 9 nitrogen and oxygen atoms in total. The average molecular weight is 436 g/mol. The first kappa shape index (κ1) is 23.2. The molecule has 2 aliphatic heterocycles. The number of hydrogen-bond acceptors (Lipinski definition) is 9. The van der Waals surface area contributed by atoms with Crippen molar-refractivity contribution in [2.45, 2.75) is 63.6 Å². The van der Waals surface area contributed by atoms with E-state index in [0.717, 1.165) is 6.08 Å². The van der Waals surface area contributed by atoms with E-state index >= 15 is 0 Å². The number of epoxide rings is 1. The predicted octanol–water partition coefficient (Wildman–Crippen LogP) is 0.736. The highest BCUT2D eigenvalue weighted by molar-refractivity contribution is 5.92. The van der Waals surface area contributed by atoms with Crippen molar-refractivity contribution in [3.05, 3.63) is 35.5 Å². The molecule has 0 bridgehead atoms. The summed E-state index contributed by atoms with van der Waals surface area (Å²) in [5, 5.41) is 18.5. The van der Waals surface area contributed by atoms with Gasteiger partial charge in [-0.2, -0.15) is 0 Å². The molecule has 0 aromatic heterocycles. The second-order valence-corrected chi connectivity index (χ2v) is 8.30. The van der Waals surface area contributed by atoms with Crippen LogP contribution in [0, 0.1) is 5.92 Å². The van der Waals surface area contributed by atoms with E-state index in [9.17, 15) is 19.5 Å². The Labute approximate surface area is 180 Å². The van der Waals surface area contributed by atoms with Crippen LogP contribution in [0.2, 0.25) is 0 Å². The van der Waals surface area contributed by atoms with Crippen molar-refractivity contribution in [2.75, 3.05) is 13.2 Å². The molecule has 170 valence electrons. The Kier molecular flexibility index (Phi) is 6.68. The van der Waals surface area contributed by atoms with E-state index in [4.69, 9.17) is 24.1 Å². The lowest BCUT2D eigenvalue weighted by Gasteiger charge is -2.29. The Balaban J connectivity index is 1.97. The summed E-state index contributed by atoms with van der Waals surface area (Å²) in [6.45, 7) is 7.76. The van der Waals surface area contributed by atoms with Crippen LogP contribution < -0.4 is 0 Å². The Hall–Kier alpha value is -2.49. The number of ether oxygens (including phenoxy) is 4. The Bertz CT molecular complexity index is 842. The summed E-state index contributed by atoms with van der Waals surface area (Å²) >= 11 is 0. The maximum atomic E-state index is 12.6. The van der Waals surface area contributed by atoms with Gasteiger partial charge in [0.2, 0.25) is 0 Å². The highest BCUT2D eigenvalue weighted by Gasteiger charge is 2.58. The number of aliphatic hydroxyl groups is 2. The van der Waals surface area contributed by atoms with Gasteiger partial charge in [-0.25, -0.2) is 9.59 Å². The molecule has 6 atom stereocenters. The average Bonchev–Trinajstić information content (AvgIpc) is 3.22. The Morgan fingerprint density at radius 3 is 2.68 bits per heavy atom. The minimum Gasteiger partial charge on any atom is -0.458 e. The third-order valence-electron chi connectivity index (χ3n) is 6.00. The van der Waals surface area contributed by atoms with E-state index in [2.05, 4.69) is 6.58 Å². The SMILES string of the molecule is C=C1C(=O)O[C@@H]2/C=C(/C)[C@@H](OC(C)=O)C[C@H]3O[C@]3(C)C[C@@H](OC(=O)/C(=C/CO)CO)[C@@H]12. The van der Waals surface area contributed by atoms with Crippen molar-refractivity contribution in [3.63, 3.8) is 0 Å². The minimum absolute atomic E-state index is 0.0907. The molecule has 0 amide bonds. The lowest BCUT2D eigenvalue weighted by molar-refractivity contribution is -0.149. The summed E-state index contributed by atoms with van der Waals surface area (Å²) in [6.07, 6.45) is 1.15. The summed E-state index contributed by atoms with van der Waals surface area (Å²) in [4.78, 5) is 36.5. The lowest BCUT2D eigenvalue weighted by atomic mass is 9.82. The summed E-state index contributed by atoms with van der Waals surface area (Å²) in [5.74, 6) is -2.52. The van der Waals surface area contributed by atoms with Crippen molar-refractivity contribution < 1.29 is 43.5 Å². The molecule has 3 rings (SSSR count). The van der Waals surface area contributed by atoms with Gasteiger partial charge in [0.15, 0.2) is 0 Å². The number of carbonyl (C=O) groups is 3. The Morgan fingerprint density at radius 2 is 2.06 bits per heavy atom. The fourth-order valence-corrected chi connectivity index (χ4v) is 4.21. The number of esters is 3. The number of rotatable bonds is 5. The maximum absolute atomic E-state index is 12.6. The molecule has 0 spiro atoms. The third kappa shape index (κ3) is 4.89. The zero-order chi connectivity index (χ0) is 22.9. The van der Waals surface area contributed by atoms with E-state index in [-0.39, 0.29) is 23.7 Å². The minimum atomic E-state index is -0.825. The molecule has 31 heavy (non-hydrogen) atoms. The van der Waals surface area contributed by atoms with Gasteiger partial charge in [-0.3, -0.25) is 4.79 Å². The number of hydrogen-bond donors (Lipinski definition) is 2. The predicted molar refractivity (Wildman–Crippen MR) is 106 cm³/mol. The molecule has 0 aromatic carbocycles. The number of aliphatic hydroxyl groups excluding tert-OH is 2. The van der Waals surface area contributed by atoms with Crippen LogP contribution in [0.15, 0.2) is 35.5 Å². The lowest BCUT2D eigenvalue weighted by Crippen LogP contribution is -2.38. The van der Waals surface area contributed by atoms with E-state index in [1.54, 1.807) is 13.0 Å². The monoisotopic (exact) mass is 436 g/mol. The molecule has 2 fully saturated rings. The largest absolute Gasteiger partial charge is 0.458 e. The molecule has 2 N–H and O–H groups in total. The fourth-order valence-electron chi connectivity index (χ4n) is 4.21. The van der Waals surface area contributed by atoms with Crippen molar-refractivity contribution in [1.82, 2.24) is 0 Å². The highest BCUT2D eigenvalue weighted by Crippen LogP contribution is 2.48. The summed E-state index contributed by atoms with van der Waals surface area (Å²) in [7, 11) is 0. The van der Waals surface area contributed by atoms with E-state index < -0.39 is 61.0 Å². The zero-order valence-corrected chi connectivity index (χ0v) is 17.8. The van der Waals surface area contributed by atoms with Crippen molar-refractivity contribution in [1.29, 1.82) is 0 Å². The van der Waals surface area contributed by atoms with Gasteiger partial charge in [0.25, 0.3) is 0 Å². The number of carbonyl (C=O) groups excluding carboxylic acids is 3. The first-order valence-corrected chi connectivity index (χ1v) is 10.1. The zero-order valence-electron chi connectivity index (χ0n) is 17.8. The molecule has 2 saturated heterocycles. The molecule has 2 heterocycles. The van der Waals surface area contributed by atoms with Crippen molar-refractivity contribution in [3.8, 4) is 0 Å². The maximum Gasteiger partial charge on any atom is 0.336 e. The van der Waals surface area contributed by atoms with Crippen LogP contribution in [-0.2, 0) is 33.3 Å². The van der Waals surface area contributed by atoms with Gasteiger partial charge >= 0.3 is 17.9 Å². The van der Waals surface area contributed by atoms with Gasteiger partial charge in [0, 0.05) is 25.3 Å². The molecular weight excluding hydrogens is 408 g/mol. The van der Waals surface area contributed by atoms with Crippen molar-refractivity contribution >= 4 is 17.9 Å². The second-order valence-electron chi connectivity index (χ2n) is 8.30. The Morgan fingerprint density at radius 1 is 1.35 bits per heavy atom. The van der Waals surface area contributed by atoms with Crippen LogP contribution in [0.4, 0.5) is 0 Å². The van der Waals surface area contributed by atoms with Gasteiger partial charge in [-0.1, -0.05) is 6.58 Å². The van der Waals surface area contributed by atoms with E-state index in [0.29, 0.717) is 12.0 Å². The fraction of sp³-hybridized carbons (Fsp3) is 0.591. The molecule has 1 aliphatic carbocycles. The molecule has 0 aromatic rings. The number of fused-ring (bicyclic) bond motifs is 2. The molecule has 9 heteroatoms. The van der Waals surface area contributed by atoms with E-state index in [1.807, 2.05) is 6.92 Å². The van der Waals surface area contributed by atoms with Gasteiger partial charge in [0.05, 0.1) is 36.4 Å². The van der Waals surface area contributed by atoms with Crippen molar-refractivity contribution in [2.24, 2.45) is 5.92 Å². The van der Waals surface area contributed by atoms with Gasteiger partial charge in [0.1, 0.15) is 18.3 Å². The van der Waals surface area contributed by atoms with Crippen LogP contribution in [0.5, 0.6) is 0 Å². The molecule has 0 radical (unpaired) electrons. The standard InChI is InChI=1S/C22H28O9/c1-11-7-16-19(12(2)20(26)29-16)17(30-21(27)14(10-24)5-6-23)9-22(4)18(31-22)8-15(11)28-13(3)25/h5,7,15-19,23-24H,2,6,8-10H2,1,3-4H3/b11-7-,14-5+/t15-,16+,17+,18+,19-,22+/m0/s1. The van der Waals surface area contributed by atoms with Crippen LogP contribution in [0.3, 0.4) is 0 Å². The molecule has 0 saturated carbocycles. The molecule has 3 aliphatic rings. The van der Waals surface area contributed by atoms with Crippen LogP contribution >= 0.6 is 0 Å². The van der Waals surface area contributed by atoms with Crippen LogP contribution in [-0.4, -0.2) is 71.4 Å². The molecule has 0 unspecified atom stereocenters. The van der Waals surface area contributed by atoms with Crippen LogP contribution in [0.25, 0.3) is 0 Å². The highest BCUT2D eigenvalue weighted by atomic mass is 16.6. The topological polar surface area (TPSA) is 132 Å². The normalized spacial score (nSPS) is 37.0. The second kappa shape index (κ2) is 8.94. The van der Waals surface area contributed by atoms with Gasteiger partial charge in [-0.05, 0) is 31.6 Å². The van der Waals surface area contributed by atoms with E-state index in [1.165, 1.54) is 6.92 Å². The first-order chi connectivity index (χ1) is 14.6. The quantitative estimate of drug-likeness (QED) is 0.210. The summed E-state index contributed by atoms with van der Waals surface area (Å²) in [5.41, 5.74) is 0.0899. The summed E-state index contributed by atoms with van der Waals surface area (Å²) < 4.78 is 22.5. The molecular formula is C22H28O9. The van der Waals surface area contributed by atoms with Gasteiger partial charge in [-0.15, -0.1) is 0 Å². The van der Waals surface area contributed by atoms with Crippen LogP contribution in [0.1, 0.15) is 33.6 Å². The third-order valence-corrected chi connectivity index (χ3v) is 6.00.